The summed E-state index contributed by atoms with van der Waals surface area (Å²) in [4.78, 5) is 33.7. The molecule has 1 amide bonds. The highest BCUT2D eigenvalue weighted by Gasteiger charge is 2.18. The molecule has 2 aromatic heterocycles. The predicted molar refractivity (Wildman–Crippen MR) is 120 cm³/mol. The minimum Gasteiger partial charge on any atom is -0.497 e. The Morgan fingerprint density at radius 2 is 2.00 bits per heavy atom. The van der Waals surface area contributed by atoms with Crippen molar-refractivity contribution in [1.82, 2.24) is 9.97 Å². The van der Waals surface area contributed by atoms with E-state index in [1.165, 1.54) is 11.8 Å². The number of thioether (sulfide) groups is 1. The highest BCUT2D eigenvalue weighted by molar-refractivity contribution is 8.00. The summed E-state index contributed by atoms with van der Waals surface area (Å²) >= 11 is 2.50. The Bertz CT molecular complexity index is 1080. The van der Waals surface area contributed by atoms with Gasteiger partial charge in [0, 0.05) is 5.39 Å². The number of fused-ring (bicyclic) bond motifs is 1. The highest BCUT2D eigenvalue weighted by Crippen LogP contribution is 2.28. The van der Waals surface area contributed by atoms with Gasteiger partial charge in [-0.05, 0) is 50.1 Å². The maximum atomic E-state index is 12.4. The van der Waals surface area contributed by atoms with Crippen LogP contribution in [0.15, 0.2) is 29.3 Å². The predicted octanol–water partition coefficient (Wildman–Crippen LogP) is 4.48. The zero-order valence-corrected chi connectivity index (χ0v) is 18.9. The second-order valence-electron chi connectivity index (χ2n) is 6.36. The number of methoxy groups -OCH3 is 1. The largest absolute Gasteiger partial charge is 0.497 e. The van der Waals surface area contributed by atoms with Crippen LogP contribution in [-0.4, -0.2) is 41.3 Å². The molecule has 0 radical (unpaired) electrons. The molecule has 1 N–H and O–H groups in total. The standard InChI is InChI=1S/C21H23N3O4S2/c1-5-13-9-14-10-15(27-4)7-8-16(14)23-19(13)29-11-17(25)24-21-22-12(3)18(30-21)20(26)28-6-2/h7-10H,5-6,11H2,1-4H3,(H,22,24,25). The lowest BCUT2D eigenvalue weighted by atomic mass is 10.1. The molecule has 3 aromatic rings. The minimum absolute atomic E-state index is 0.190. The molecular weight excluding hydrogens is 422 g/mol. The third-order valence-corrected chi connectivity index (χ3v) is 6.37. The Kier molecular flexibility index (Phi) is 7.28. The number of benzene rings is 1. The van der Waals surface area contributed by atoms with E-state index in [4.69, 9.17) is 14.5 Å². The van der Waals surface area contributed by atoms with Crippen LogP contribution in [0.1, 0.15) is 34.8 Å². The summed E-state index contributed by atoms with van der Waals surface area (Å²) in [7, 11) is 1.64. The van der Waals surface area contributed by atoms with Gasteiger partial charge in [0.15, 0.2) is 5.13 Å². The van der Waals surface area contributed by atoms with Crippen LogP contribution < -0.4 is 10.1 Å². The smallest absolute Gasteiger partial charge is 0.350 e. The van der Waals surface area contributed by atoms with Crippen molar-refractivity contribution in [2.45, 2.75) is 32.2 Å². The molecule has 158 valence electrons. The van der Waals surface area contributed by atoms with Crippen LogP contribution in [-0.2, 0) is 16.0 Å². The number of rotatable bonds is 8. The van der Waals surface area contributed by atoms with Crippen LogP contribution in [0.3, 0.4) is 0 Å². The number of anilines is 1. The van der Waals surface area contributed by atoms with Gasteiger partial charge in [-0.1, -0.05) is 30.0 Å². The maximum absolute atomic E-state index is 12.4. The molecule has 0 bridgehead atoms. The molecular formula is C21H23N3O4S2. The molecule has 7 nitrogen and oxygen atoms in total. The number of aromatic nitrogens is 2. The van der Waals surface area contributed by atoms with Gasteiger partial charge in [-0.2, -0.15) is 0 Å². The molecule has 0 spiro atoms. The number of thiazole rings is 1. The van der Waals surface area contributed by atoms with E-state index in [2.05, 4.69) is 23.3 Å². The molecule has 0 unspecified atom stereocenters. The quantitative estimate of drug-likeness (QED) is 0.404. The number of nitrogens with zero attached hydrogens (tertiary/aromatic N) is 2. The zero-order chi connectivity index (χ0) is 21.7. The number of amides is 1. The fourth-order valence-corrected chi connectivity index (χ4v) is 4.58. The van der Waals surface area contributed by atoms with Crippen molar-refractivity contribution in [3.63, 3.8) is 0 Å². The van der Waals surface area contributed by atoms with E-state index in [1.54, 1.807) is 21.0 Å². The lowest BCUT2D eigenvalue weighted by Crippen LogP contribution is -2.14. The molecule has 0 saturated carbocycles. The number of carbonyl (C=O) groups is 2. The number of nitrogens with one attached hydrogen (secondary N) is 1. The van der Waals surface area contributed by atoms with Crippen LogP contribution in [0.2, 0.25) is 0 Å². The second kappa shape index (κ2) is 9.90. The Morgan fingerprint density at radius 3 is 2.70 bits per heavy atom. The minimum atomic E-state index is -0.424. The van der Waals surface area contributed by atoms with Gasteiger partial charge in [-0.3, -0.25) is 4.79 Å². The average molecular weight is 446 g/mol. The highest BCUT2D eigenvalue weighted by atomic mass is 32.2. The number of carbonyl (C=O) groups excluding carboxylic acids is 2. The third kappa shape index (κ3) is 5.09. The maximum Gasteiger partial charge on any atom is 0.350 e. The molecule has 0 saturated heterocycles. The lowest BCUT2D eigenvalue weighted by Gasteiger charge is -2.10. The van der Waals surface area contributed by atoms with Crippen LogP contribution in [0.4, 0.5) is 5.13 Å². The van der Waals surface area contributed by atoms with Crippen molar-refractivity contribution in [1.29, 1.82) is 0 Å². The number of aryl methyl sites for hydroxylation is 2. The normalized spacial score (nSPS) is 10.8. The van der Waals surface area contributed by atoms with Crippen molar-refractivity contribution in [2.75, 3.05) is 24.8 Å². The summed E-state index contributed by atoms with van der Waals surface area (Å²) in [5.74, 6) is 0.344. The van der Waals surface area contributed by atoms with E-state index in [1.807, 2.05) is 18.2 Å². The molecule has 0 atom stereocenters. The Morgan fingerprint density at radius 1 is 1.20 bits per heavy atom. The Labute approximate surface area is 183 Å². The average Bonchev–Trinajstić information content (AvgIpc) is 3.11. The first kappa shape index (κ1) is 22.0. The summed E-state index contributed by atoms with van der Waals surface area (Å²) in [6.45, 7) is 5.81. The van der Waals surface area contributed by atoms with E-state index in [9.17, 15) is 9.59 Å². The first-order valence-electron chi connectivity index (χ1n) is 9.50. The molecule has 0 fully saturated rings. The SMILES string of the molecule is CCOC(=O)c1sc(NC(=O)CSc2nc3ccc(OC)cc3cc2CC)nc1C. The van der Waals surface area contributed by atoms with E-state index in [-0.39, 0.29) is 11.7 Å². The van der Waals surface area contributed by atoms with Crippen molar-refractivity contribution >= 4 is 51.0 Å². The first-order chi connectivity index (χ1) is 14.4. The second-order valence-corrected chi connectivity index (χ2v) is 8.32. The van der Waals surface area contributed by atoms with Crippen LogP contribution >= 0.6 is 23.1 Å². The van der Waals surface area contributed by atoms with Gasteiger partial charge in [-0.25, -0.2) is 14.8 Å². The fourth-order valence-electron chi connectivity index (χ4n) is 2.81. The first-order valence-corrected chi connectivity index (χ1v) is 11.3. The molecule has 30 heavy (non-hydrogen) atoms. The number of hydrogen-bond donors (Lipinski definition) is 1. The summed E-state index contributed by atoms with van der Waals surface area (Å²) < 4.78 is 10.3. The molecule has 9 heteroatoms. The number of esters is 1. The molecule has 0 aliphatic carbocycles. The number of hydrogen-bond acceptors (Lipinski definition) is 8. The van der Waals surface area contributed by atoms with Crippen LogP contribution in [0.25, 0.3) is 10.9 Å². The van der Waals surface area contributed by atoms with E-state index in [0.717, 1.165) is 45.0 Å². The van der Waals surface area contributed by atoms with Crippen molar-refractivity contribution < 1.29 is 19.1 Å². The van der Waals surface area contributed by atoms with Crippen molar-refractivity contribution in [3.8, 4) is 5.75 Å². The van der Waals surface area contributed by atoms with Crippen molar-refractivity contribution in [3.05, 3.63) is 40.4 Å². The van der Waals surface area contributed by atoms with Gasteiger partial charge in [0.1, 0.15) is 15.7 Å². The van der Waals surface area contributed by atoms with E-state index >= 15 is 0 Å². The summed E-state index contributed by atoms with van der Waals surface area (Å²) in [6.07, 6.45) is 0.804. The van der Waals surface area contributed by atoms with E-state index in [0.29, 0.717) is 22.3 Å². The van der Waals surface area contributed by atoms with Crippen molar-refractivity contribution in [2.24, 2.45) is 0 Å². The Balaban J connectivity index is 1.69. The van der Waals surface area contributed by atoms with Gasteiger partial charge >= 0.3 is 5.97 Å². The summed E-state index contributed by atoms with van der Waals surface area (Å²) in [6, 6.07) is 7.82. The monoisotopic (exact) mass is 445 g/mol. The van der Waals surface area contributed by atoms with E-state index < -0.39 is 5.97 Å². The topological polar surface area (TPSA) is 90.4 Å². The lowest BCUT2D eigenvalue weighted by molar-refractivity contribution is -0.113. The van der Waals surface area contributed by atoms with Gasteiger partial charge in [0.25, 0.3) is 0 Å². The van der Waals surface area contributed by atoms with Gasteiger partial charge < -0.3 is 14.8 Å². The molecule has 1 aromatic carbocycles. The fraction of sp³-hybridized carbons (Fsp3) is 0.333. The third-order valence-electron chi connectivity index (χ3n) is 4.29. The van der Waals surface area contributed by atoms with Crippen LogP contribution in [0.5, 0.6) is 5.75 Å². The number of pyridine rings is 1. The molecule has 2 heterocycles. The van der Waals surface area contributed by atoms with Crippen LogP contribution in [0, 0.1) is 6.92 Å². The molecule has 0 aliphatic rings. The summed E-state index contributed by atoms with van der Waals surface area (Å²) in [5.41, 5.74) is 2.47. The van der Waals surface area contributed by atoms with Gasteiger partial charge in [-0.15, -0.1) is 0 Å². The molecule has 0 aliphatic heterocycles. The van der Waals surface area contributed by atoms with Gasteiger partial charge in [0.05, 0.1) is 30.7 Å². The zero-order valence-electron chi connectivity index (χ0n) is 17.3. The summed E-state index contributed by atoms with van der Waals surface area (Å²) in [5, 5.41) is 4.97. The Hall–Kier alpha value is -2.65. The van der Waals surface area contributed by atoms with Gasteiger partial charge in [0.2, 0.25) is 5.91 Å². The molecule has 3 rings (SSSR count). The number of ether oxygens (including phenoxy) is 2.